The predicted octanol–water partition coefficient (Wildman–Crippen LogP) is 2.76. The van der Waals surface area contributed by atoms with Gasteiger partial charge in [-0.1, -0.05) is 35.5 Å². The van der Waals surface area contributed by atoms with E-state index in [9.17, 15) is 13.6 Å². The molecule has 8 heteroatoms. The van der Waals surface area contributed by atoms with Gasteiger partial charge in [-0.25, -0.2) is 13.5 Å². The van der Waals surface area contributed by atoms with E-state index in [0.29, 0.717) is 12.2 Å². The van der Waals surface area contributed by atoms with Gasteiger partial charge in [0.25, 0.3) is 5.91 Å². The largest absolute Gasteiger partial charge is 0.365 e. The van der Waals surface area contributed by atoms with Crippen LogP contribution in [-0.2, 0) is 24.4 Å². The molecule has 1 N–H and O–H groups in total. The smallest absolute Gasteiger partial charge is 0.274 e. The van der Waals surface area contributed by atoms with Gasteiger partial charge >= 0.3 is 0 Å². The number of nitrogens with zero attached hydrogens (tertiary/aromatic N) is 3. The fourth-order valence-electron chi connectivity index (χ4n) is 3.00. The van der Waals surface area contributed by atoms with E-state index in [-0.39, 0.29) is 30.5 Å². The Labute approximate surface area is 153 Å². The van der Waals surface area contributed by atoms with Gasteiger partial charge in [-0.3, -0.25) is 4.79 Å². The molecule has 1 aromatic heterocycles. The molecule has 2 aromatic carbocycles. The first-order valence-electron chi connectivity index (χ1n) is 8.43. The van der Waals surface area contributed by atoms with E-state index in [1.54, 1.807) is 4.68 Å². The number of hydrogen-bond donors (Lipinski definition) is 1. The van der Waals surface area contributed by atoms with Crippen LogP contribution in [0.5, 0.6) is 0 Å². The van der Waals surface area contributed by atoms with Gasteiger partial charge in [0.05, 0.1) is 18.8 Å². The highest BCUT2D eigenvalue weighted by Crippen LogP contribution is 2.26. The number of benzene rings is 2. The number of carbonyl (C=O) groups excluding carboxylic acids is 1. The molecule has 1 aliphatic rings. The highest BCUT2D eigenvalue weighted by atomic mass is 19.1. The number of carbonyl (C=O) groups is 1. The quantitative estimate of drug-likeness (QED) is 0.767. The Morgan fingerprint density at radius 3 is 2.85 bits per heavy atom. The van der Waals surface area contributed by atoms with Crippen LogP contribution in [0.1, 0.15) is 33.4 Å². The van der Waals surface area contributed by atoms with Gasteiger partial charge in [0.15, 0.2) is 5.69 Å². The van der Waals surface area contributed by atoms with E-state index in [0.717, 1.165) is 23.8 Å². The molecule has 6 nitrogen and oxygen atoms in total. The van der Waals surface area contributed by atoms with Crippen LogP contribution in [0.4, 0.5) is 8.78 Å². The molecule has 0 unspecified atom stereocenters. The van der Waals surface area contributed by atoms with E-state index in [1.165, 1.54) is 0 Å². The van der Waals surface area contributed by atoms with E-state index < -0.39 is 17.5 Å². The minimum Gasteiger partial charge on any atom is -0.365 e. The van der Waals surface area contributed by atoms with Crippen molar-refractivity contribution in [3.05, 3.63) is 82.7 Å². The van der Waals surface area contributed by atoms with Crippen LogP contribution in [0.3, 0.4) is 0 Å². The normalized spacial score (nSPS) is 16.0. The van der Waals surface area contributed by atoms with Gasteiger partial charge in [-0.15, -0.1) is 5.10 Å². The predicted molar refractivity (Wildman–Crippen MR) is 91.5 cm³/mol. The Hall–Kier alpha value is -3.13. The maximum atomic E-state index is 13.7. The van der Waals surface area contributed by atoms with Crippen molar-refractivity contribution in [2.75, 3.05) is 0 Å². The summed E-state index contributed by atoms with van der Waals surface area (Å²) in [5.74, 6) is -1.67. The van der Waals surface area contributed by atoms with Crippen molar-refractivity contribution in [1.29, 1.82) is 0 Å². The second kappa shape index (κ2) is 7.24. The van der Waals surface area contributed by atoms with E-state index in [4.69, 9.17) is 4.74 Å². The van der Waals surface area contributed by atoms with Gasteiger partial charge in [0, 0.05) is 12.1 Å². The average molecular weight is 370 g/mol. The first-order valence-corrected chi connectivity index (χ1v) is 8.43. The van der Waals surface area contributed by atoms with Gasteiger partial charge in [-0.2, -0.15) is 0 Å². The van der Waals surface area contributed by atoms with Crippen LogP contribution in [0.25, 0.3) is 0 Å². The monoisotopic (exact) mass is 370 g/mol. The van der Waals surface area contributed by atoms with Crippen molar-refractivity contribution in [3.63, 3.8) is 0 Å². The molecule has 3 aromatic rings. The van der Waals surface area contributed by atoms with Crippen molar-refractivity contribution in [1.82, 2.24) is 20.3 Å². The van der Waals surface area contributed by atoms with E-state index in [1.807, 2.05) is 30.3 Å². The lowest BCUT2D eigenvalue weighted by Gasteiger charge is -2.24. The lowest BCUT2D eigenvalue weighted by atomic mass is 10.1. The summed E-state index contributed by atoms with van der Waals surface area (Å²) >= 11 is 0. The maximum Gasteiger partial charge on any atom is 0.274 e. The van der Waals surface area contributed by atoms with Gasteiger partial charge in [0.1, 0.15) is 17.7 Å². The van der Waals surface area contributed by atoms with Crippen LogP contribution >= 0.6 is 0 Å². The minimum atomic E-state index is -0.587. The number of amides is 1. The van der Waals surface area contributed by atoms with Crippen molar-refractivity contribution in [2.24, 2.45) is 0 Å². The molecule has 1 atom stereocenters. The van der Waals surface area contributed by atoms with Crippen LogP contribution in [-0.4, -0.2) is 20.9 Å². The lowest BCUT2D eigenvalue weighted by Crippen LogP contribution is -2.27. The van der Waals surface area contributed by atoms with Crippen molar-refractivity contribution < 1.29 is 18.3 Å². The summed E-state index contributed by atoms with van der Waals surface area (Å²) in [4.78, 5) is 12.4. The summed E-state index contributed by atoms with van der Waals surface area (Å²) in [6.07, 6.45) is -0.169. The first kappa shape index (κ1) is 17.3. The van der Waals surface area contributed by atoms with E-state index >= 15 is 0 Å². The Morgan fingerprint density at radius 1 is 1.22 bits per heavy atom. The summed E-state index contributed by atoms with van der Waals surface area (Å²) in [5, 5.41) is 10.5. The third-order valence-electron chi connectivity index (χ3n) is 4.43. The number of hydrogen-bond acceptors (Lipinski definition) is 4. The molecule has 1 amide bonds. The van der Waals surface area contributed by atoms with Crippen LogP contribution in [0.15, 0.2) is 48.5 Å². The first-order chi connectivity index (χ1) is 13.1. The van der Waals surface area contributed by atoms with Crippen molar-refractivity contribution >= 4 is 5.91 Å². The van der Waals surface area contributed by atoms with Crippen LogP contribution in [0, 0.1) is 11.6 Å². The second-order valence-corrected chi connectivity index (χ2v) is 6.20. The van der Waals surface area contributed by atoms with Crippen molar-refractivity contribution in [2.45, 2.75) is 25.8 Å². The van der Waals surface area contributed by atoms with Crippen LogP contribution in [0.2, 0.25) is 0 Å². The number of rotatable bonds is 4. The highest BCUT2D eigenvalue weighted by Gasteiger charge is 2.27. The number of aromatic nitrogens is 3. The maximum absolute atomic E-state index is 13.7. The summed E-state index contributed by atoms with van der Waals surface area (Å²) < 4.78 is 34.4. The average Bonchev–Trinajstić information content (AvgIpc) is 3.12. The number of ether oxygens (including phenoxy) is 1. The minimum absolute atomic E-state index is 0.0600. The highest BCUT2D eigenvalue weighted by molar-refractivity contribution is 5.93. The molecule has 0 aliphatic carbocycles. The molecule has 2 heterocycles. The molecule has 27 heavy (non-hydrogen) atoms. The van der Waals surface area contributed by atoms with Gasteiger partial charge < -0.3 is 10.1 Å². The Morgan fingerprint density at radius 2 is 2.04 bits per heavy atom. The third kappa shape index (κ3) is 3.56. The standard InChI is InChI=1S/C19H16F2N4O2/c20-14-6-7-15(21)13(8-14)9-22-19(26)18-16-11-27-17(10-25(16)24-23-18)12-4-2-1-3-5-12/h1-8,17H,9-11H2,(H,22,26)/t17-/m1/s1. The summed E-state index contributed by atoms with van der Waals surface area (Å²) in [5.41, 5.74) is 1.76. The second-order valence-electron chi connectivity index (χ2n) is 6.20. The number of nitrogens with one attached hydrogen (secondary N) is 1. The molecule has 0 radical (unpaired) electrons. The molecular weight excluding hydrogens is 354 g/mol. The molecule has 0 saturated carbocycles. The topological polar surface area (TPSA) is 69.0 Å². The van der Waals surface area contributed by atoms with E-state index in [2.05, 4.69) is 15.6 Å². The SMILES string of the molecule is O=C(NCc1cc(F)ccc1F)c1nnn2c1CO[C@@H](c1ccccc1)C2. The zero-order chi connectivity index (χ0) is 18.8. The fourth-order valence-corrected chi connectivity index (χ4v) is 3.00. The zero-order valence-corrected chi connectivity index (χ0v) is 14.2. The number of halogens is 2. The summed E-state index contributed by atoms with van der Waals surface area (Å²) in [6, 6.07) is 12.8. The molecule has 4 rings (SSSR count). The molecule has 0 saturated heterocycles. The third-order valence-corrected chi connectivity index (χ3v) is 4.43. The zero-order valence-electron chi connectivity index (χ0n) is 14.2. The molecule has 1 aliphatic heterocycles. The Balaban J connectivity index is 1.46. The molecule has 0 fully saturated rings. The van der Waals surface area contributed by atoms with Gasteiger partial charge in [0.2, 0.25) is 0 Å². The lowest BCUT2D eigenvalue weighted by molar-refractivity contribution is -0.00177. The summed E-state index contributed by atoms with van der Waals surface area (Å²) in [7, 11) is 0. The van der Waals surface area contributed by atoms with Gasteiger partial charge in [-0.05, 0) is 23.8 Å². The Kier molecular flexibility index (Phi) is 4.64. The van der Waals surface area contributed by atoms with Crippen LogP contribution < -0.4 is 5.32 Å². The Bertz CT molecular complexity index is 975. The fraction of sp³-hybridized carbons (Fsp3) is 0.211. The van der Waals surface area contributed by atoms with Crippen molar-refractivity contribution in [3.8, 4) is 0 Å². The molecule has 0 spiro atoms. The molecule has 0 bridgehead atoms. The molecule has 138 valence electrons. The molecular formula is C19H16F2N4O2. The number of fused-ring (bicyclic) bond motifs is 1. The summed E-state index contributed by atoms with van der Waals surface area (Å²) in [6.45, 7) is 0.476.